The summed E-state index contributed by atoms with van der Waals surface area (Å²) in [7, 11) is -3.90. The summed E-state index contributed by atoms with van der Waals surface area (Å²) in [5.41, 5.74) is 1.86. The lowest BCUT2D eigenvalue weighted by atomic mass is 10.1. The van der Waals surface area contributed by atoms with E-state index < -0.39 is 22.5 Å². The van der Waals surface area contributed by atoms with Crippen LogP contribution in [0.25, 0.3) is 0 Å². The van der Waals surface area contributed by atoms with Crippen LogP contribution in [0.2, 0.25) is 0 Å². The molecule has 162 valence electrons. The van der Waals surface area contributed by atoms with E-state index >= 15 is 0 Å². The van der Waals surface area contributed by atoms with Crippen LogP contribution in [0.4, 0.5) is 14.5 Å². The summed E-state index contributed by atoms with van der Waals surface area (Å²) in [6, 6.07) is 18.4. The Bertz CT molecular complexity index is 1170. The van der Waals surface area contributed by atoms with Gasteiger partial charge < -0.3 is 10.1 Å². The van der Waals surface area contributed by atoms with Gasteiger partial charge in [-0.25, -0.2) is 8.42 Å². The van der Waals surface area contributed by atoms with Crippen LogP contribution in [0.5, 0.6) is 5.75 Å². The number of amides is 1. The van der Waals surface area contributed by atoms with Crippen molar-refractivity contribution in [3.63, 3.8) is 0 Å². The second-order valence-corrected chi connectivity index (χ2v) is 8.35. The first-order valence-corrected chi connectivity index (χ1v) is 10.7. The maximum atomic E-state index is 12.7. The highest BCUT2D eigenvalue weighted by Gasteiger charge is 2.17. The Morgan fingerprint density at radius 3 is 2.42 bits per heavy atom. The molecule has 0 saturated heterocycles. The van der Waals surface area contributed by atoms with E-state index in [1.165, 1.54) is 30.3 Å². The number of hydrogen-bond acceptors (Lipinski definition) is 4. The minimum absolute atomic E-state index is 0.0450. The standard InChI is InChI=1S/C22H20F2N2O4S/c1-15-9-11-18(12-10-15)26-31(28,29)19-7-4-6-16(13-19)21(27)25-14-17-5-2-3-8-20(17)30-22(23)24/h2-13,22,26H,14H2,1H3,(H,25,27). The molecule has 3 aromatic carbocycles. The van der Waals surface area contributed by atoms with Gasteiger partial charge in [-0.15, -0.1) is 0 Å². The third-order valence-corrected chi connectivity index (χ3v) is 5.72. The van der Waals surface area contributed by atoms with Gasteiger partial charge in [0, 0.05) is 23.4 Å². The summed E-state index contributed by atoms with van der Waals surface area (Å²) >= 11 is 0. The second kappa shape index (κ2) is 9.57. The predicted molar refractivity (Wildman–Crippen MR) is 113 cm³/mol. The summed E-state index contributed by atoms with van der Waals surface area (Å²) in [5.74, 6) is -0.601. The summed E-state index contributed by atoms with van der Waals surface area (Å²) in [6.07, 6.45) is 0. The molecule has 0 radical (unpaired) electrons. The van der Waals surface area contributed by atoms with E-state index in [9.17, 15) is 22.0 Å². The molecule has 0 fully saturated rings. The predicted octanol–water partition coefficient (Wildman–Crippen LogP) is 4.33. The zero-order valence-electron chi connectivity index (χ0n) is 16.5. The number of para-hydroxylation sites is 1. The maximum Gasteiger partial charge on any atom is 0.387 e. The monoisotopic (exact) mass is 446 g/mol. The number of aryl methyl sites for hydroxylation is 1. The van der Waals surface area contributed by atoms with Gasteiger partial charge in [-0.3, -0.25) is 9.52 Å². The summed E-state index contributed by atoms with van der Waals surface area (Å²) in [4.78, 5) is 12.4. The van der Waals surface area contributed by atoms with E-state index in [0.29, 0.717) is 11.3 Å². The van der Waals surface area contributed by atoms with Crippen LogP contribution in [0, 0.1) is 6.92 Å². The van der Waals surface area contributed by atoms with E-state index in [0.717, 1.165) is 5.56 Å². The number of rotatable bonds is 8. The van der Waals surface area contributed by atoms with E-state index in [-0.39, 0.29) is 22.8 Å². The first-order valence-electron chi connectivity index (χ1n) is 9.25. The van der Waals surface area contributed by atoms with Gasteiger partial charge in [-0.2, -0.15) is 8.78 Å². The molecule has 0 aliphatic heterocycles. The summed E-state index contributed by atoms with van der Waals surface area (Å²) in [6.45, 7) is -1.17. The third kappa shape index (κ3) is 6.02. The topological polar surface area (TPSA) is 84.5 Å². The Kier molecular flexibility index (Phi) is 6.86. The van der Waals surface area contributed by atoms with Gasteiger partial charge in [0.1, 0.15) is 5.75 Å². The second-order valence-electron chi connectivity index (χ2n) is 6.67. The van der Waals surface area contributed by atoms with Crippen molar-refractivity contribution in [2.75, 3.05) is 4.72 Å². The molecule has 9 heteroatoms. The molecule has 0 spiro atoms. The Balaban J connectivity index is 1.72. The molecule has 0 atom stereocenters. The highest BCUT2D eigenvalue weighted by molar-refractivity contribution is 7.92. The van der Waals surface area contributed by atoms with Crippen molar-refractivity contribution < 1.29 is 26.7 Å². The number of halogens is 2. The van der Waals surface area contributed by atoms with Crippen molar-refractivity contribution >= 4 is 21.6 Å². The van der Waals surface area contributed by atoms with Gasteiger partial charge in [-0.05, 0) is 43.3 Å². The number of benzene rings is 3. The quantitative estimate of drug-likeness (QED) is 0.540. The SMILES string of the molecule is Cc1ccc(NS(=O)(=O)c2cccc(C(=O)NCc3ccccc3OC(F)F)c2)cc1. The third-order valence-electron chi connectivity index (χ3n) is 4.34. The average Bonchev–Trinajstić information content (AvgIpc) is 2.74. The average molecular weight is 446 g/mol. The van der Waals surface area contributed by atoms with Crippen molar-refractivity contribution in [3.05, 3.63) is 89.5 Å². The van der Waals surface area contributed by atoms with Crippen LogP contribution >= 0.6 is 0 Å². The molecule has 6 nitrogen and oxygen atoms in total. The van der Waals surface area contributed by atoms with Crippen molar-refractivity contribution in [2.24, 2.45) is 0 Å². The number of carbonyl (C=O) groups is 1. The minimum atomic E-state index is -3.90. The number of ether oxygens (including phenoxy) is 1. The van der Waals surface area contributed by atoms with Gasteiger partial charge in [0.25, 0.3) is 15.9 Å². The number of carbonyl (C=O) groups excluding carboxylic acids is 1. The Labute approximate surface area is 178 Å². The number of anilines is 1. The van der Waals surface area contributed by atoms with Crippen LogP contribution in [-0.4, -0.2) is 20.9 Å². The molecular weight excluding hydrogens is 426 g/mol. The molecule has 31 heavy (non-hydrogen) atoms. The lowest BCUT2D eigenvalue weighted by Gasteiger charge is -2.12. The van der Waals surface area contributed by atoms with Crippen LogP contribution in [0.3, 0.4) is 0 Å². The zero-order valence-corrected chi connectivity index (χ0v) is 17.3. The molecule has 0 aliphatic rings. The number of hydrogen-bond donors (Lipinski definition) is 2. The normalized spacial score (nSPS) is 11.2. The molecule has 2 N–H and O–H groups in total. The van der Waals surface area contributed by atoms with E-state index in [2.05, 4.69) is 14.8 Å². The fraction of sp³-hybridized carbons (Fsp3) is 0.136. The van der Waals surface area contributed by atoms with Crippen molar-refractivity contribution in [1.29, 1.82) is 0 Å². The Morgan fingerprint density at radius 2 is 1.71 bits per heavy atom. The zero-order chi connectivity index (χ0) is 22.4. The Morgan fingerprint density at radius 1 is 1.00 bits per heavy atom. The minimum Gasteiger partial charge on any atom is -0.434 e. The summed E-state index contributed by atoms with van der Waals surface area (Å²) in [5, 5.41) is 2.58. The van der Waals surface area contributed by atoms with Crippen LogP contribution < -0.4 is 14.8 Å². The largest absolute Gasteiger partial charge is 0.434 e. The number of nitrogens with one attached hydrogen (secondary N) is 2. The highest BCUT2D eigenvalue weighted by atomic mass is 32.2. The fourth-order valence-electron chi connectivity index (χ4n) is 2.78. The van der Waals surface area contributed by atoms with Gasteiger partial charge in [0.2, 0.25) is 0 Å². The van der Waals surface area contributed by atoms with Gasteiger partial charge >= 0.3 is 6.61 Å². The number of sulfonamides is 1. The van der Waals surface area contributed by atoms with E-state index in [4.69, 9.17) is 0 Å². The molecule has 1 amide bonds. The molecule has 3 rings (SSSR count). The summed E-state index contributed by atoms with van der Waals surface area (Å²) < 4.78 is 57.3. The van der Waals surface area contributed by atoms with Gasteiger partial charge in [0.05, 0.1) is 4.90 Å². The lowest BCUT2D eigenvalue weighted by Crippen LogP contribution is -2.24. The molecule has 0 saturated carbocycles. The van der Waals surface area contributed by atoms with Gasteiger partial charge in [0.15, 0.2) is 0 Å². The Hall–Kier alpha value is -3.46. The molecule has 0 unspecified atom stereocenters. The highest BCUT2D eigenvalue weighted by Crippen LogP contribution is 2.21. The number of alkyl halides is 2. The molecule has 0 aliphatic carbocycles. The van der Waals surface area contributed by atoms with Crippen molar-refractivity contribution in [2.45, 2.75) is 25.0 Å². The molecule has 0 bridgehead atoms. The first kappa shape index (κ1) is 22.2. The fourth-order valence-corrected chi connectivity index (χ4v) is 3.88. The van der Waals surface area contributed by atoms with Crippen LogP contribution in [0.15, 0.2) is 77.7 Å². The lowest BCUT2D eigenvalue weighted by molar-refractivity contribution is -0.0504. The van der Waals surface area contributed by atoms with Crippen LogP contribution in [0.1, 0.15) is 21.5 Å². The van der Waals surface area contributed by atoms with Crippen molar-refractivity contribution in [3.8, 4) is 5.75 Å². The van der Waals surface area contributed by atoms with Crippen LogP contribution in [-0.2, 0) is 16.6 Å². The molecule has 0 aromatic heterocycles. The first-order chi connectivity index (χ1) is 14.7. The smallest absolute Gasteiger partial charge is 0.387 e. The molecule has 3 aromatic rings. The molecular formula is C22H20F2N2O4S. The molecule has 0 heterocycles. The maximum absolute atomic E-state index is 12.7. The van der Waals surface area contributed by atoms with Gasteiger partial charge in [-0.1, -0.05) is 42.0 Å². The van der Waals surface area contributed by atoms with E-state index in [1.54, 1.807) is 42.5 Å². The van der Waals surface area contributed by atoms with Crippen molar-refractivity contribution in [1.82, 2.24) is 5.32 Å². The van der Waals surface area contributed by atoms with E-state index in [1.807, 2.05) is 6.92 Å².